The minimum absolute atomic E-state index is 0.816. The van der Waals surface area contributed by atoms with E-state index in [1.807, 2.05) is 7.05 Å². The van der Waals surface area contributed by atoms with Crippen molar-refractivity contribution >= 4 is 0 Å². The summed E-state index contributed by atoms with van der Waals surface area (Å²) in [5.74, 6) is 3.88. The van der Waals surface area contributed by atoms with Gasteiger partial charge in [0.1, 0.15) is 11.5 Å². The third-order valence-corrected chi connectivity index (χ3v) is 4.39. The summed E-state index contributed by atoms with van der Waals surface area (Å²) in [6.45, 7) is 11.1. The van der Waals surface area contributed by atoms with Crippen molar-refractivity contribution in [2.24, 2.45) is 11.8 Å². The number of aryl methyl sites for hydroxylation is 1. The van der Waals surface area contributed by atoms with Gasteiger partial charge < -0.3 is 9.73 Å². The van der Waals surface area contributed by atoms with Crippen LogP contribution in [0.5, 0.6) is 0 Å². The minimum Gasteiger partial charge on any atom is -0.465 e. The third-order valence-electron chi connectivity index (χ3n) is 4.39. The quantitative estimate of drug-likeness (QED) is 0.885. The summed E-state index contributed by atoms with van der Waals surface area (Å²) in [5, 5.41) is 3.14. The fourth-order valence-electron chi connectivity index (χ4n) is 3.02. The lowest BCUT2D eigenvalue weighted by Crippen LogP contribution is -2.34. The molecule has 108 valence electrons. The van der Waals surface area contributed by atoms with E-state index in [1.54, 1.807) is 0 Å². The lowest BCUT2D eigenvalue weighted by molar-refractivity contribution is 0.151. The molecule has 0 bridgehead atoms. The van der Waals surface area contributed by atoms with E-state index in [0.717, 1.165) is 36.4 Å². The summed E-state index contributed by atoms with van der Waals surface area (Å²) in [7, 11) is 1.95. The van der Waals surface area contributed by atoms with Gasteiger partial charge in [0.25, 0.3) is 0 Å². The Bertz CT molecular complexity index is 389. The molecular formula is C16H28N2O. The van der Waals surface area contributed by atoms with Crippen molar-refractivity contribution in [3.63, 3.8) is 0 Å². The summed E-state index contributed by atoms with van der Waals surface area (Å²) in [6, 6.07) is 2.21. The molecule has 1 aromatic heterocycles. The monoisotopic (exact) mass is 264 g/mol. The lowest BCUT2D eigenvalue weighted by Gasteiger charge is -2.33. The molecule has 0 unspecified atom stereocenters. The second kappa shape index (κ2) is 6.58. The average Bonchev–Trinajstić information content (AvgIpc) is 2.71. The number of hydrogen-bond acceptors (Lipinski definition) is 3. The molecule has 1 N–H and O–H groups in total. The second-order valence-corrected chi connectivity index (χ2v) is 6.18. The number of nitrogens with zero attached hydrogens (tertiary/aromatic N) is 1. The van der Waals surface area contributed by atoms with E-state index < -0.39 is 0 Å². The molecular weight excluding hydrogens is 236 g/mol. The Kier molecular flexibility index (Phi) is 5.06. The predicted molar refractivity (Wildman–Crippen MR) is 79.0 cm³/mol. The first kappa shape index (κ1) is 14.6. The van der Waals surface area contributed by atoms with Crippen LogP contribution in [0.2, 0.25) is 0 Å². The number of hydrogen-bond donors (Lipinski definition) is 1. The molecule has 0 spiro atoms. The molecule has 1 aliphatic heterocycles. The summed E-state index contributed by atoms with van der Waals surface area (Å²) in [5.41, 5.74) is 1.35. The van der Waals surface area contributed by atoms with Crippen molar-refractivity contribution in [2.45, 2.75) is 46.7 Å². The van der Waals surface area contributed by atoms with E-state index in [9.17, 15) is 0 Å². The number of nitrogens with one attached hydrogen (secondary N) is 1. The van der Waals surface area contributed by atoms with Crippen molar-refractivity contribution in [1.82, 2.24) is 10.2 Å². The number of piperidine rings is 1. The van der Waals surface area contributed by atoms with E-state index in [4.69, 9.17) is 4.42 Å². The maximum atomic E-state index is 5.77. The molecule has 0 radical (unpaired) electrons. The summed E-state index contributed by atoms with van der Waals surface area (Å²) in [4.78, 5) is 2.57. The molecule has 0 saturated carbocycles. The topological polar surface area (TPSA) is 28.4 Å². The Balaban J connectivity index is 1.88. The van der Waals surface area contributed by atoms with E-state index in [-0.39, 0.29) is 0 Å². The van der Waals surface area contributed by atoms with E-state index in [0.29, 0.717) is 0 Å². The Hall–Kier alpha value is -0.800. The molecule has 19 heavy (non-hydrogen) atoms. The van der Waals surface area contributed by atoms with Crippen LogP contribution >= 0.6 is 0 Å². The van der Waals surface area contributed by atoms with Crippen molar-refractivity contribution in [1.29, 1.82) is 0 Å². The molecule has 0 amide bonds. The van der Waals surface area contributed by atoms with Crippen molar-refractivity contribution in [2.75, 3.05) is 20.1 Å². The van der Waals surface area contributed by atoms with Crippen LogP contribution in [-0.2, 0) is 13.1 Å². The molecule has 2 rings (SSSR count). The fourth-order valence-corrected chi connectivity index (χ4v) is 3.02. The summed E-state index contributed by atoms with van der Waals surface area (Å²) < 4.78 is 5.77. The van der Waals surface area contributed by atoms with Crippen LogP contribution in [0.25, 0.3) is 0 Å². The molecule has 0 atom stereocenters. The van der Waals surface area contributed by atoms with Gasteiger partial charge in [0.15, 0.2) is 0 Å². The van der Waals surface area contributed by atoms with Gasteiger partial charge in [0.05, 0.1) is 6.54 Å². The van der Waals surface area contributed by atoms with Gasteiger partial charge in [-0.2, -0.15) is 0 Å². The van der Waals surface area contributed by atoms with Crippen LogP contribution < -0.4 is 5.32 Å². The first-order valence-corrected chi connectivity index (χ1v) is 7.55. The highest BCUT2D eigenvalue weighted by Gasteiger charge is 2.22. The largest absolute Gasteiger partial charge is 0.465 e. The van der Waals surface area contributed by atoms with Gasteiger partial charge in [-0.25, -0.2) is 0 Å². The van der Waals surface area contributed by atoms with Gasteiger partial charge in [-0.05, 0) is 57.8 Å². The Morgan fingerprint density at radius 3 is 2.63 bits per heavy atom. The van der Waals surface area contributed by atoms with Gasteiger partial charge in [0, 0.05) is 12.1 Å². The zero-order valence-corrected chi connectivity index (χ0v) is 12.8. The van der Waals surface area contributed by atoms with Crippen LogP contribution in [0, 0.1) is 18.8 Å². The van der Waals surface area contributed by atoms with Crippen LogP contribution in [0.1, 0.15) is 43.8 Å². The molecule has 3 heteroatoms. The second-order valence-electron chi connectivity index (χ2n) is 6.18. The lowest BCUT2D eigenvalue weighted by atomic mass is 9.86. The van der Waals surface area contributed by atoms with Gasteiger partial charge in [0.2, 0.25) is 0 Å². The Morgan fingerprint density at radius 2 is 2.05 bits per heavy atom. The minimum atomic E-state index is 0.816. The Labute approximate surface area is 117 Å². The highest BCUT2D eigenvalue weighted by molar-refractivity contribution is 5.20. The molecule has 0 aromatic carbocycles. The molecule has 1 aliphatic rings. The number of rotatable bonds is 5. The van der Waals surface area contributed by atoms with Crippen LogP contribution in [-0.4, -0.2) is 25.0 Å². The van der Waals surface area contributed by atoms with Crippen molar-refractivity contribution in [3.05, 3.63) is 23.2 Å². The van der Waals surface area contributed by atoms with E-state index in [2.05, 4.69) is 37.1 Å². The fraction of sp³-hybridized carbons (Fsp3) is 0.750. The zero-order chi connectivity index (χ0) is 13.8. The standard InChI is InChI=1S/C16H28N2O/c1-12(2)14-5-7-18(8-6-14)11-15-9-16(10-17-4)19-13(15)3/h9,12,14,17H,5-8,10-11H2,1-4H3. The van der Waals surface area contributed by atoms with Crippen LogP contribution in [0.4, 0.5) is 0 Å². The van der Waals surface area contributed by atoms with Gasteiger partial charge in [-0.15, -0.1) is 0 Å². The molecule has 2 heterocycles. The van der Waals surface area contributed by atoms with Gasteiger partial charge >= 0.3 is 0 Å². The van der Waals surface area contributed by atoms with Crippen molar-refractivity contribution in [3.8, 4) is 0 Å². The molecule has 3 nitrogen and oxygen atoms in total. The smallest absolute Gasteiger partial charge is 0.118 e. The normalized spacial score (nSPS) is 18.4. The third kappa shape index (κ3) is 3.83. The van der Waals surface area contributed by atoms with Crippen molar-refractivity contribution < 1.29 is 4.42 Å². The molecule has 1 fully saturated rings. The first-order chi connectivity index (χ1) is 9.10. The van der Waals surface area contributed by atoms with Crippen LogP contribution in [0.3, 0.4) is 0 Å². The maximum Gasteiger partial charge on any atom is 0.118 e. The summed E-state index contributed by atoms with van der Waals surface area (Å²) >= 11 is 0. The van der Waals surface area contributed by atoms with E-state index >= 15 is 0 Å². The average molecular weight is 264 g/mol. The highest BCUT2D eigenvalue weighted by atomic mass is 16.3. The number of furan rings is 1. The highest BCUT2D eigenvalue weighted by Crippen LogP contribution is 2.26. The zero-order valence-electron chi connectivity index (χ0n) is 12.8. The first-order valence-electron chi connectivity index (χ1n) is 7.55. The molecule has 0 aliphatic carbocycles. The number of likely N-dealkylation sites (tertiary alicyclic amines) is 1. The Morgan fingerprint density at radius 1 is 1.37 bits per heavy atom. The van der Waals surface area contributed by atoms with Gasteiger partial charge in [-0.1, -0.05) is 13.8 Å². The summed E-state index contributed by atoms with van der Waals surface area (Å²) in [6.07, 6.45) is 2.69. The predicted octanol–water partition coefficient (Wildman–Crippen LogP) is 3.18. The molecule has 1 aromatic rings. The SMILES string of the molecule is CNCc1cc(CN2CCC(C(C)C)CC2)c(C)o1. The van der Waals surface area contributed by atoms with E-state index in [1.165, 1.54) is 31.5 Å². The maximum absolute atomic E-state index is 5.77. The van der Waals surface area contributed by atoms with Gasteiger partial charge in [-0.3, -0.25) is 4.90 Å². The molecule has 1 saturated heterocycles. The van der Waals surface area contributed by atoms with Crippen LogP contribution in [0.15, 0.2) is 10.5 Å².